The molecule has 5 rings (SSSR count). The van der Waals surface area contributed by atoms with Crippen molar-refractivity contribution in [3.05, 3.63) is 87.5 Å². The number of nitrogens with zero attached hydrogens (tertiary/aromatic N) is 5. The standard InChI is InChI=1S/C32H36BrN5O5S/c1-6-10-30-34-27-15-16-29(33)35-32(27)37(30)18-23-13-14-25(24(17-23)19-42-7-2)26-11-8-9-12-28(26)44(39,40)38(20-41-5)31-21(3)22(4)43-36-31/h8-9,11-17H,6-7,10,18-20H2,1-5H3. The quantitative estimate of drug-likeness (QED) is 0.0985. The van der Waals surface area contributed by atoms with E-state index < -0.39 is 10.0 Å². The van der Waals surface area contributed by atoms with Gasteiger partial charge in [0.2, 0.25) is 0 Å². The van der Waals surface area contributed by atoms with E-state index in [-0.39, 0.29) is 17.4 Å². The number of hydrogen-bond acceptors (Lipinski definition) is 8. The molecule has 0 unspecified atom stereocenters. The number of aryl methyl sites for hydroxylation is 2. The fourth-order valence-electron chi connectivity index (χ4n) is 5.16. The molecule has 232 valence electrons. The Morgan fingerprint density at radius 1 is 1.02 bits per heavy atom. The highest BCUT2D eigenvalue weighted by Crippen LogP contribution is 2.35. The van der Waals surface area contributed by atoms with E-state index in [2.05, 4.69) is 38.6 Å². The molecule has 0 aliphatic rings. The number of anilines is 1. The minimum absolute atomic E-state index is 0.127. The molecule has 0 radical (unpaired) electrons. The Bertz CT molecular complexity index is 1890. The fourth-order valence-corrected chi connectivity index (χ4v) is 7.05. The average Bonchev–Trinajstić information content (AvgIpc) is 3.52. The maximum absolute atomic E-state index is 14.2. The van der Waals surface area contributed by atoms with Crippen LogP contribution in [0.5, 0.6) is 0 Å². The van der Waals surface area contributed by atoms with Crippen molar-refractivity contribution in [2.75, 3.05) is 24.8 Å². The van der Waals surface area contributed by atoms with E-state index in [0.29, 0.717) is 36.6 Å². The van der Waals surface area contributed by atoms with Gasteiger partial charge in [0.1, 0.15) is 28.4 Å². The molecule has 0 saturated heterocycles. The van der Waals surface area contributed by atoms with Crippen molar-refractivity contribution in [1.82, 2.24) is 19.7 Å². The van der Waals surface area contributed by atoms with Gasteiger partial charge in [-0.3, -0.25) is 0 Å². The smallest absolute Gasteiger partial charge is 0.268 e. The summed E-state index contributed by atoms with van der Waals surface area (Å²) in [5.74, 6) is 1.70. The lowest BCUT2D eigenvalue weighted by atomic mass is 9.97. The molecule has 0 spiro atoms. The third kappa shape index (κ3) is 6.30. The van der Waals surface area contributed by atoms with Crippen LogP contribution in [-0.4, -0.2) is 48.6 Å². The number of sulfonamides is 1. The van der Waals surface area contributed by atoms with Gasteiger partial charge < -0.3 is 18.6 Å². The zero-order chi connectivity index (χ0) is 31.4. The van der Waals surface area contributed by atoms with Crippen LogP contribution in [0.4, 0.5) is 5.82 Å². The highest BCUT2D eigenvalue weighted by Gasteiger charge is 2.32. The van der Waals surface area contributed by atoms with E-state index in [1.165, 1.54) is 7.11 Å². The summed E-state index contributed by atoms with van der Waals surface area (Å²) < 4.78 is 49.0. The molecule has 0 atom stereocenters. The van der Waals surface area contributed by atoms with Gasteiger partial charge in [-0.15, -0.1) is 0 Å². The van der Waals surface area contributed by atoms with Gasteiger partial charge in [0.25, 0.3) is 10.0 Å². The first-order valence-electron chi connectivity index (χ1n) is 14.4. The van der Waals surface area contributed by atoms with Crippen molar-refractivity contribution in [2.45, 2.75) is 58.6 Å². The molecule has 0 N–H and O–H groups in total. The maximum atomic E-state index is 14.2. The predicted octanol–water partition coefficient (Wildman–Crippen LogP) is 6.80. The number of ether oxygens (including phenoxy) is 2. The molecule has 10 nitrogen and oxygen atoms in total. The van der Waals surface area contributed by atoms with E-state index in [1.54, 1.807) is 26.0 Å². The van der Waals surface area contributed by atoms with Gasteiger partial charge in [0, 0.05) is 31.3 Å². The summed E-state index contributed by atoms with van der Waals surface area (Å²) in [4.78, 5) is 9.68. The minimum Gasteiger partial charge on any atom is -0.377 e. The number of rotatable bonds is 13. The Balaban J connectivity index is 1.60. The van der Waals surface area contributed by atoms with Gasteiger partial charge in [-0.25, -0.2) is 22.7 Å². The second kappa shape index (κ2) is 13.6. The van der Waals surface area contributed by atoms with Crippen LogP contribution in [0, 0.1) is 13.8 Å². The monoisotopic (exact) mass is 681 g/mol. The van der Waals surface area contributed by atoms with Crippen molar-refractivity contribution < 1.29 is 22.4 Å². The first kappa shape index (κ1) is 31.8. The summed E-state index contributed by atoms with van der Waals surface area (Å²) >= 11 is 3.50. The van der Waals surface area contributed by atoms with Crippen LogP contribution in [0.15, 0.2) is 68.6 Å². The van der Waals surface area contributed by atoms with E-state index in [9.17, 15) is 8.42 Å². The van der Waals surface area contributed by atoms with E-state index >= 15 is 0 Å². The molecule has 0 aliphatic heterocycles. The van der Waals surface area contributed by atoms with Crippen molar-refractivity contribution in [1.29, 1.82) is 0 Å². The lowest BCUT2D eigenvalue weighted by Crippen LogP contribution is -2.34. The summed E-state index contributed by atoms with van der Waals surface area (Å²) in [6.45, 7) is 8.74. The van der Waals surface area contributed by atoms with Gasteiger partial charge in [0.05, 0.1) is 18.0 Å². The Kier molecular flexibility index (Phi) is 9.84. The highest BCUT2D eigenvalue weighted by atomic mass is 79.9. The molecule has 0 saturated carbocycles. The maximum Gasteiger partial charge on any atom is 0.268 e. The molecule has 3 aromatic heterocycles. The number of methoxy groups -OCH3 is 1. The second-order valence-electron chi connectivity index (χ2n) is 10.4. The molecule has 2 aromatic carbocycles. The van der Waals surface area contributed by atoms with Gasteiger partial charge in [-0.2, -0.15) is 0 Å². The van der Waals surface area contributed by atoms with Crippen LogP contribution in [0.1, 0.15) is 48.5 Å². The van der Waals surface area contributed by atoms with Gasteiger partial charge in [-0.1, -0.05) is 48.5 Å². The molecule has 44 heavy (non-hydrogen) atoms. The number of benzene rings is 2. The number of fused-ring (bicyclic) bond motifs is 1. The van der Waals surface area contributed by atoms with Crippen molar-refractivity contribution in [3.63, 3.8) is 0 Å². The number of halogens is 1. The van der Waals surface area contributed by atoms with Crippen molar-refractivity contribution in [2.24, 2.45) is 0 Å². The molecule has 0 fully saturated rings. The van der Waals surface area contributed by atoms with Crippen molar-refractivity contribution in [3.8, 4) is 11.1 Å². The van der Waals surface area contributed by atoms with E-state index in [0.717, 1.165) is 55.4 Å². The van der Waals surface area contributed by atoms with Gasteiger partial charge in [0.15, 0.2) is 11.5 Å². The lowest BCUT2D eigenvalue weighted by molar-refractivity contribution is 0.134. The van der Waals surface area contributed by atoms with Gasteiger partial charge in [-0.05, 0) is 78.0 Å². The SMILES string of the molecule is CCCc1nc2ccc(Br)nc2n1Cc1ccc(-c2ccccc2S(=O)(=O)N(COC)c2noc(C)c2C)c(COCC)c1. The third-order valence-corrected chi connectivity index (χ3v) is 9.66. The highest BCUT2D eigenvalue weighted by molar-refractivity contribution is 9.10. The Morgan fingerprint density at radius 3 is 2.52 bits per heavy atom. The molecule has 0 amide bonds. The summed E-state index contributed by atoms with van der Waals surface area (Å²) in [5, 5.41) is 4.04. The summed E-state index contributed by atoms with van der Waals surface area (Å²) in [7, 11) is -2.67. The first-order valence-corrected chi connectivity index (χ1v) is 16.7. The summed E-state index contributed by atoms with van der Waals surface area (Å²) in [6.07, 6.45) is 1.78. The second-order valence-corrected chi connectivity index (χ2v) is 13.1. The molecule has 5 aromatic rings. The third-order valence-electron chi connectivity index (χ3n) is 7.44. The largest absolute Gasteiger partial charge is 0.377 e. The normalized spacial score (nSPS) is 11.9. The zero-order valence-corrected chi connectivity index (χ0v) is 27.9. The lowest BCUT2D eigenvalue weighted by Gasteiger charge is -2.23. The van der Waals surface area contributed by atoms with E-state index in [1.807, 2.05) is 43.3 Å². The fraction of sp³-hybridized carbons (Fsp3) is 0.344. The Hall–Kier alpha value is -3.58. The Morgan fingerprint density at radius 2 is 1.82 bits per heavy atom. The molecule has 3 heterocycles. The molecule has 0 aliphatic carbocycles. The summed E-state index contributed by atoms with van der Waals surface area (Å²) in [5.41, 5.74) is 5.49. The van der Waals surface area contributed by atoms with Crippen LogP contribution in [0.2, 0.25) is 0 Å². The number of pyridine rings is 1. The van der Waals surface area contributed by atoms with Crippen molar-refractivity contribution >= 4 is 42.9 Å². The van der Waals surface area contributed by atoms with Crippen LogP contribution < -0.4 is 4.31 Å². The zero-order valence-electron chi connectivity index (χ0n) is 25.5. The number of hydrogen-bond donors (Lipinski definition) is 0. The van der Waals surface area contributed by atoms with Crippen LogP contribution >= 0.6 is 15.9 Å². The topological polar surface area (TPSA) is 113 Å². The van der Waals surface area contributed by atoms with E-state index in [4.69, 9.17) is 24.0 Å². The van der Waals surface area contributed by atoms with Gasteiger partial charge >= 0.3 is 0 Å². The number of imidazole rings is 1. The minimum atomic E-state index is -4.11. The first-order chi connectivity index (χ1) is 21.2. The number of aromatic nitrogens is 4. The summed E-state index contributed by atoms with van der Waals surface area (Å²) in [6, 6.07) is 16.9. The van der Waals surface area contributed by atoms with Crippen LogP contribution in [-0.2, 0) is 39.1 Å². The predicted molar refractivity (Wildman–Crippen MR) is 173 cm³/mol. The Labute approximate surface area is 266 Å². The molecular formula is C32H36BrN5O5S. The molecule has 0 bridgehead atoms. The van der Waals surface area contributed by atoms with Crippen LogP contribution in [0.25, 0.3) is 22.3 Å². The molecule has 12 heteroatoms. The van der Waals surface area contributed by atoms with Crippen LogP contribution in [0.3, 0.4) is 0 Å². The molecular weight excluding hydrogens is 646 g/mol. The average molecular weight is 683 g/mol.